The molecule has 0 radical (unpaired) electrons. The van der Waals surface area contributed by atoms with Crippen LogP contribution in [0.2, 0.25) is 10.0 Å². The van der Waals surface area contributed by atoms with E-state index in [1.54, 1.807) is 48.5 Å². The highest BCUT2D eigenvalue weighted by Crippen LogP contribution is 2.48. The molecule has 2 aromatic rings. The maximum atomic E-state index is 13.1. The van der Waals surface area contributed by atoms with E-state index >= 15 is 0 Å². The minimum absolute atomic E-state index is 0.0174. The number of ketones is 1. The number of amides is 2. The van der Waals surface area contributed by atoms with E-state index in [1.165, 1.54) is 9.80 Å². The third kappa shape index (κ3) is 2.42. The Bertz CT molecular complexity index is 844. The standard InChI is InChI=1S/C18H14Cl2N2O3/c19-11-1-5-13(6-2-11)21-16(24)18(9-15(23)10-18)22(17(21)25)14-7-3-12(20)4-8-14/h1-8,16,24H,9-10H2. The average Bonchev–Trinajstić information content (AvgIpc) is 2.78. The third-order valence-electron chi connectivity index (χ3n) is 4.76. The quantitative estimate of drug-likeness (QED) is 0.865. The average molecular weight is 377 g/mol. The van der Waals surface area contributed by atoms with Crippen molar-refractivity contribution in [2.24, 2.45) is 0 Å². The monoisotopic (exact) mass is 376 g/mol. The van der Waals surface area contributed by atoms with E-state index in [2.05, 4.69) is 0 Å². The van der Waals surface area contributed by atoms with E-state index in [0.717, 1.165) is 0 Å². The molecule has 1 saturated heterocycles. The molecule has 1 unspecified atom stereocenters. The number of carbonyl (C=O) groups excluding carboxylic acids is 2. The second kappa shape index (κ2) is 5.73. The fourth-order valence-corrected chi connectivity index (χ4v) is 3.79. The fourth-order valence-electron chi connectivity index (χ4n) is 3.54. The molecule has 2 aliphatic rings. The summed E-state index contributed by atoms with van der Waals surface area (Å²) < 4.78 is 0. The lowest BCUT2D eigenvalue weighted by atomic mass is 9.73. The first-order valence-corrected chi connectivity index (χ1v) is 8.52. The third-order valence-corrected chi connectivity index (χ3v) is 5.27. The van der Waals surface area contributed by atoms with Crippen LogP contribution < -0.4 is 9.80 Å². The number of aliphatic hydroxyl groups excluding tert-OH is 1. The van der Waals surface area contributed by atoms with Crippen molar-refractivity contribution < 1.29 is 14.7 Å². The van der Waals surface area contributed by atoms with Gasteiger partial charge in [-0.15, -0.1) is 0 Å². The van der Waals surface area contributed by atoms with Gasteiger partial charge in [0.05, 0.1) is 0 Å². The molecule has 1 spiro atoms. The summed E-state index contributed by atoms with van der Waals surface area (Å²) in [6.07, 6.45) is -0.895. The molecule has 25 heavy (non-hydrogen) atoms. The van der Waals surface area contributed by atoms with Gasteiger partial charge in [0, 0.05) is 34.3 Å². The highest BCUT2D eigenvalue weighted by atomic mass is 35.5. The van der Waals surface area contributed by atoms with Gasteiger partial charge in [0.2, 0.25) is 0 Å². The van der Waals surface area contributed by atoms with E-state index in [4.69, 9.17) is 23.2 Å². The van der Waals surface area contributed by atoms with E-state index in [1.807, 2.05) is 0 Å². The SMILES string of the molecule is O=C1CC2(C1)C(O)N(c1ccc(Cl)cc1)C(=O)N2c1ccc(Cl)cc1. The number of rotatable bonds is 2. The molecule has 1 aliphatic heterocycles. The van der Waals surface area contributed by atoms with Gasteiger partial charge in [0.15, 0.2) is 6.23 Å². The van der Waals surface area contributed by atoms with Crippen molar-refractivity contribution in [1.29, 1.82) is 0 Å². The van der Waals surface area contributed by atoms with Gasteiger partial charge in [-0.05, 0) is 48.5 Å². The second-order valence-electron chi connectivity index (χ2n) is 6.31. The molecule has 1 saturated carbocycles. The van der Waals surface area contributed by atoms with Crippen LogP contribution in [-0.4, -0.2) is 28.7 Å². The Morgan fingerprint density at radius 3 is 1.84 bits per heavy atom. The predicted octanol–water partition coefficient (Wildman–Crippen LogP) is 3.86. The molecule has 2 amide bonds. The molecular weight excluding hydrogens is 363 g/mol. The number of carbonyl (C=O) groups is 2. The van der Waals surface area contributed by atoms with Crippen LogP contribution in [0, 0.1) is 0 Å². The van der Waals surface area contributed by atoms with E-state index in [-0.39, 0.29) is 24.7 Å². The summed E-state index contributed by atoms with van der Waals surface area (Å²) in [6, 6.07) is 13.0. The van der Waals surface area contributed by atoms with Crippen LogP contribution in [0.1, 0.15) is 12.8 Å². The van der Waals surface area contributed by atoms with Gasteiger partial charge in [-0.2, -0.15) is 0 Å². The Morgan fingerprint density at radius 1 is 0.880 bits per heavy atom. The predicted molar refractivity (Wildman–Crippen MR) is 96.2 cm³/mol. The molecule has 0 aromatic heterocycles. The Morgan fingerprint density at radius 2 is 1.36 bits per heavy atom. The molecule has 2 aromatic carbocycles. The van der Waals surface area contributed by atoms with Gasteiger partial charge in [-0.3, -0.25) is 14.6 Å². The maximum absolute atomic E-state index is 13.1. The summed E-state index contributed by atoms with van der Waals surface area (Å²) in [6.45, 7) is 0. The van der Waals surface area contributed by atoms with Crippen molar-refractivity contribution in [3.8, 4) is 0 Å². The molecular formula is C18H14Cl2N2O3. The number of halogens is 2. The lowest BCUT2D eigenvalue weighted by Gasteiger charge is -2.44. The Hall–Kier alpha value is -2.08. The molecule has 1 heterocycles. The van der Waals surface area contributed by atoms with Gasteiger partial charge in [-0.25, -0.2) is 4.79 Å². The summed E-state index contributed by atoms with van der Waals surface area (Å²) in [5.41, 5.74) is 0.163. The molecule has 2 fully saturated rings. The van der Waals surface area contributed by atoms with Gasteiger partial charge in [0.1, 0.15) is 11.3 Å². The molecule has 4 rings (SSSR count). The minimum Gasteiger partial charge on any atom is -0.371 e. The highest BCUT2D eigenvalue weighted by molar-refractivity contribution is 6.31. The second-order valence-corrected chi connectivity index (χ2v) is 7.18. The summed E-state index contributed by atoms with van der Waals surface area (Å²) in [5, 5.41) is 12.0. The number of hydrogen-bond acceptors (Lipinski definition) is 3. The lowest BCUT2D eigenvalue weighted by Crippen LogP contribution is -2.61. The number of Topliss-reactive ketones (excluding diaryl/α,β-unsaturated/α-hetero) is 1. The first-order valence-electron chi connectivity index (χ1n) is 7.77. The van der Waals surface area contributed by atoms with Crippen LogP contribution in [0.15, 0.2) is 48.5 Å². The van der Waals surface area contributed by atoms with Crippen LogP contribution >= 0.6 is 23.2 Å². The number of aliphatic hydroxyl groups is 1. The largest absolute Gasteiger partial charge is 0.371 e. The fraction of sp³-hybridized carbons (Fsp3) is 0.222. The van der Waals surface area contributed by atoms with Crippen LogP contribution in [0.25, 0.3) is 0 Å². The Labute approximate surface area is 154 Å². The lowest BCUT2D eigenvalue weighted by molar-refractivity contribution is -0.131. The first-order chi connectivity index (χ1) is 11.9. The summed E-state index contributed by atoms with van der Waals surface area (Å²) >= 11 is 11.8. The molecule has 1 aliphatic carbocycles. The minimum atomic E-state index is -1.13. The van der Waals surface area contributed by atoms with Crippen LogP contribution in [0.5, 0.6) is 0 Å². The molecule has 128 valence electrons. The van der Waals surface area contributed by atoms with Crippen molar-refractivity contribution in [3.05, 3.63) is 58.6 Å². The van der Waals surface area contributed by atoms with Crippen LogP contribution in [0.3, 0.4) is 0 Å². The number of nitrogens with zero attached hydrogens (tertiary/aromatic N) is 2. The Balaban J connectivity index is 1.79. The zero-order valence-corrected chi connectivity index (χ0v) is 14.5. The summed E-state index contributed by atoms with van der Waals surface area (Å²) in [7, 11) is 0. The van der Waals surface area contributed by atoms with Crippen LogP contribution in [0.4, 0.5) is 16.2 Å². The van der Waals surface area contributed by atoms with Gasteiger partial charge >= 0.3 is 6.03 Å². The smallest absolute Gasteiger partial charge is 0.331 e. The number of hydrogen-bond donors (Lipinski definition) is 1. The van der Waals surface area contributed by atoms with Crippen molar-refractivity contribution in [3.63, 3.8) is 0 Å². The number of anilines is 2. The summed E-state index contributed by atoms with van der Waals surface area (Å²) in [5.74, 6) is 0.0174. The molecule has 5 nitrogen and oxygen atoms in total. The molecule has 7 heteroatoms. The summed E-state index contributed by atoms with van der Waals surface area (Å²) in [4.78, 5) is 27.6. The van der Waals surface area contributed by atoms with Gasteiger partial charge < -0.3 is 5.11 Å². The van der Waals surface area contributed by atoms with Gasteiger partial charge in [0.25, 0.3) is 0 Å². The van der Waals surface area contributed by atoms with Crippen molar-refractivity contribution in [2.75, 3.05) is 9.80 Å². The van der Waals surface area contributed by atoms with E-state index in [9.17, 15) is 14.7 Å². The number of urea groups is 1. The highest BCUT2D eigenvalue weighted by Gasteiger charge is 2.64. The number of benzene rings is 2. The zero-order chi connectivity index (χ0) is 17.8. The topological polar surface area (TPSA) is 60.9 Å². The zero-order valence-electron chi connectivity index (χ0n) is 13.0. The normalized spacial score (nSPS) is 21.8. The molecule has 1 N–H and O–H groups in total. The van der Waals surface area contributed by atoms with Crippen molar-refractivity contribution in [1.82, 2.24) is 0 Å². The van der Waals surface area contributed by atoms with Gasteiger partial charge in [-0.1, -0.05) is 23.2 Å². The van der Waals surface area contributed by atoms with Crippen molar-refractivity contribution in [2.45, 2.75) is 24.6 Å². The van der Waals surface area contributed by atoms with Crippen molar-refractivity contribution >= 4 is 46.4 Å². The first kappa shape index (κ1) is 16.4. The molecule has 0 bridgehead atoms. The molecule has 1 atom stereocenters. The maximum Gasteiger partial charge on any atom is 0.331 e. The Kier molecular flexibility index (Phi) is 3.76. The van der Waals surface area contributed by atoms with E-state index in [0.29, 0.717) is 21.4 Å². The van der Waals surface area contributed by atoms with E-state index < -0.39 is 11.8 Å². The van der Waals surface area contributed by atoms with Crippen LogP contribution in [-0.2, 0) is 4.79 Å².